The summed E-state index contributed by atoms with van der Waals surface area (Å²) in [4.78, 5) is 16.0. The molecule has 1 aromatic heterocycles. The summed E-state index contributed by atoms with van der Waals surface area (Å²) in [6, 6.07) is 3.21. The van der Waals surface area contributed by atoms with Crippen LogP contribution in [-0.4, -0.2) is 39.9 Å². The highest BCUT2D eigenvalue weighted by Gasteiger charge is 2.33. The fraction of sp³-hybridized carbons (Fsp3) is 0.571. The van der Waals surface area contributed by atoms with E-state index in [1.807, 2.05) is 6.92 Å². The Morgan fingerprint density at radius 1 is 1.55 bits per heavy atom. The quantitative estimate of drug-likeness (QED) is 0.761. The number of aliphatic hydroxyl groups excluding tert-OH is 2. The Hall–Kier alpha value is -1.50. The summed E-state index contributed by atoms with van der Waals surface area (Å²) in [5.41, 5.74) is 0.907. The predicted molar refractivity (Wildman–Crippen MR) is 73.0 cm³/mol. The molecule has 0 spiro atoms. The first-order valence-corrected chi connectivity index (χ1v) is 6.72. The molecule has 0 saturated carbocycles. The van der Waals surface area contributed by atoms with Crippen molar-refractivity contribution < 1.29 is 19.7 Å². The number of ether oxygens (including phenoxy) is 1. The fourth-order valence-corrected chi connectivity index (χ4v) is 2.14. The van der Waals surface area contributed by atoms with Crippen LogP contribution in [0.2, 0.25) is 0 Å². The van der Waals surface area contributed by atoms with E-state index < -0.39 is 12.2 Å². The summed E-state index contributed by atoms with van der Waals surface area (Å²) in [7, 11) is 0. The molecule has 2 rings (SSSR count). The number of nitrogens with one attached hydrogen (secondary N) is 1. The van der Waals surface area contributed by atoms with Crippen LogP contribution in [-0.2, 0) is 9.53 Å². The zero-order valence-electron chi connectivity index (χ0n) is 11.6. The highest BCUT2D eigenvalue weighted by Crippen LogP contribution is 2.26. The van der Waals surface area contributed by atoms with Crippen molar-refractivity contribution in [2.24, 2.45) is 5.92 Å². The molecule has 20 heavy (non-hydrogen) atoms. The number of amides is 1. The molecule has 1 fully saturated rings. The average Bonchev–Trinajstić information content (AvgIpc) is 2.79. The monoisotopic (exact) mass is 280 g/mol. The maximum Gasteiger partial charge on any atom is 0.253 e. The Balaban J connectivity index is 1.95. The van der Waals surface area contributed by atoms with Crippen LogP contribution in [0, 0.1) is 5.92 Å². The molecule has 0 radical (unpaired) electrons. The molecule has 1 aliphatic rings. The van der Waals surface area contributed by atoms with E-state index in [4.69, 9.17) is 9.84 Å². The largest absolute Gasteiger partial charge is 0.393 e. The van der Waals surface area contributed by atoms with Crippen molar-refractivity contribution in [2.75, 3.05) is 11.9 Å². The number of aliphatic hydroxyl groups is 2. The maximum atomic E-state index is 12.0. The summed E-state index contributed by atoms with van der Waals surface area (Å²) < 4.78 is 5.58. The minimum atomic E-state index is -1.00. The third kappa shape index (κ3) is 3.33. The Morgan fingerprint density at radius 3 is 2.80 bits per heavy atom. The number of carbonyl (C=O) groups excluding carboxylic acids is 1. The molecule has 1 saturated heterocycles. The zero-order valence-corrected chi connectivity index (χ0v) is 11.6. The predicted octanol–water partition coefficient (Wildman–Crippen LogP) is 0.859. The molecule has 2 heterocycles. The van der Waals surface area contributed by atoms with Crippen LogP contribution >= 0.6 is 0 Å². The molecule has 110 valence electrons. The van der Waals surface area contributed by atoms with Gasteiger partial charge in [0.15, 0.2) is 0 Å². The van der Waals surface area contributed by atoms with E-state index in [0.717, 1.165) is 0 Å². The highest BCUT2D eigenvalue weighted by atomic mass is 16.5. The van der Waals surface area contributed by atoms with E-state index in [2.05, 4.69) is 17.2 Å². The number of aromatic nitrogens is 1. The number of hydrogen-bond acceptors (Lipinski definition) is 5. The van der Waals surface area contributed by atoms with Crippen LogP contribution in [0.5, 0.6) is 0 Å². The second-order valence-electron chi connectivity index (χ2n) is 5.20. The van der Waals surface area contributed by atoms with Gasteiger partial charge in [-0.1, -0.05) is 6.92 Å². The Bertz CT molecular complexity index is 453. The summed E-state index contributed by atoms with van der Waals surface area (Å²) in [5.74, 6) is 0.185. The first kappa shape index (κ1) is 14.9. The maximum absolute atomic E-state index is 12.0. The first-order valence-electron chi connectivity index (χ1n) is 6.72. The van der Waals surface area contributed by atoms with Crippen molar-refractivity contribution in [1.82, 2.24) is 4.98 Å². The van der Waals surface area contributed by atoms with Crippen LogP contribution < -0.4 is 5.32 Å². The van der Waals surface area contributed by atoms with Gasteiger partial charge in [-0.15, -0.1) is 0 Å². The number of hydrogen-bond donors (Lipinski definition) is 3. The molecule has 6 nitrogen and oxygen atoms in total. The molecule has 1 amide bonds. The van der Waals surface area contributed by atoms with Gasteiger partial charge in [0, 0.05) is 0 Å². The van der Waals surface area contributed by atoms with Gasteiger partial charge in [-0.3, -0.25) is 9.78 Å². The van der Waals surface area contributed by atoms with Crippen LogP contribution in [0.15, 0.2) is 18.3 Å². The van der Waals surface area contributed by atoms with Crippen molar-refractivity contribution in [3.63, 3.8) is 0 Å². The number of rotatable bonds is 4. The lowest BCUT2D eigenvalue weighted by Crippen LogP contribution is -2.27. The van der Waals surface area contributed by atoms with Crippen molar-refractivity contribution in [2.45, 2.75) is 38.6 Å². The molecular formula is C14H20N2O4. The second-order valence-corrected chi connectivity index (χ2v) is 5.20. The lowest BCUT2D eigenvalue weighted by Gasteiger charge is -2.12. The van der Waals surface area contributed by atoms with Crippen molar-refractivity contribution >= 4 is 11.6 Å². The van der Waals surface area contributed by atoms with Crippen molar-refractivity contribution in [3.8, 4) is 0 Å². The number of nitrogens with zero attached hydrogens (tertiary/aromatic N) is 1. The van der Waals surface area contributed by atoms with Crippen molar-refractivity contribution in [3.05, 3.63) is 24.0 Å². The normalized spacial score (nSPS) is 27.3. The number of carbonyl (C=O) groups is 1. The van der Waals surface area contributed by atoms with Gasteiger partial charge in [-0.2, -0.15) is 0 Å². The lowest BCUT2D eigenvalue weighted by atomic mass is 10.0. The van der Waals surface area contributed by atoms with Gasteiger partial charge in [0.1, 0.15) is 12.2 Å². The van der Waals surface area contributed by atoms with Crippen LogP contribution in [0.4, 0.5) is 5.69 Å². The Kier molecular flexibility index (Phi) is 4.69. The molecule has 0 bridgehead atoms. The second kappa shape index (κ2) is 6.30. The average molecular weight is 280 g/mol. The molecule has 1 aliphatic heterocycles. The van der Waals surface area contributed by atoms with Gasteiger partial charge < -0.3 is 20.3 Å². The van der Waals surface area contributed by atoms with Gasteiger partial charge in [0.2, 0.25) is 0 Å². The van der Waals surface area contributed by atoms with E-state index >= 15 is 0 Å². The Labute approximate surface area is 117 Å². The summed E-state index contributed by atoms with van der Waals surface area (Å²) in [5, 5.41) is 21.0. The van der Waals surface area contributed by atoms with Gasteiger partial charge in [0.05, 0.1) is 30.3 Å². The van der Waals surface area contributed by atoms with E-state index in [1.54, 1.807) is 12.1 Å². The topological polar surface area (TPSA) is 91.7 Å². The molecule has 6 heteroatoms. The molecule has 3 unspecified atom stereocenters. The first-order chi connectivity index (χ1) is 9.51. The smallest absolute Gasteiger partial charge is 0.253 e. The fourth-order valence-electron chi connectivity index (χ4n) is 2.14. The molecule has 4 atom stereocenters. The SMILES string of the molecule is CC1OC(C(=O)Nc2ccc(C(O)CO)nc2)C[C@@H]1C. The summed E-state index contributed by atoms with van der Waals surface area (Å²) in [6.45, 7) is 3.64. The van der Waals surface area contributed by atoms with Crippen LogP contribution in [0.25, 0.3) is 0 Å². The highest BCUT2D eigenvalue weighted by molar-refractivity contribution is 5.94. The summed E-state index contributed by atoms with van der Waals surface area (Å²) >= 11 is 0. The lowest BCUT2D eigenvalue weighted by molar-refractivity contribution is -0.126. The Morgan fingerprint density at radius 2 is 2.30 bits per heavy atom. The standard InChI is InChI=1S/C14H20N2O4/c1-8-5-13(20-9(8)2)14(19)16-10-3-4-11(15-6-10)12(18)7-17/h3-4,6,8-9,12-13,17-18H,5,7H2,1-2H3,(H,16,19)/t8-,9?,12?,13?/m0/s1. The van der Waals surface area contributed by atoms with E-state index in [1.165, 1.54) is 6.20 Å². The molecule has 3 N–H and O–H groups in total. The van der Waals surface area contributed by atoms with E-state index in [-0.39, 0.29) is 18.6 Å². The summed E-state index contributed by atoms with van der Waals surface area (Å²) in [6.07, 6.45) is 0.823. The molecule has 1 aromatic rings. The number of pyridine rings is 1. The van der Waals surface area contributed by atoms with Crippen LogP contribution in [0.3, 0.4) is 0 Å². The van der Waals surface area contributed by atoms with Gasteiger partial charge >= 0.3 is 0 Å². The van der Waals surface area contributed by atoms with Gasteiger partial charge in [0.25, 0.3) is 5.91 Å². The minimum absolute atomic E-state index is 0.0888. The number of anilines is 1. The van der Waals surface area contributed by atoms with Gasteiger partial charge in [-0.25, -0.2) is 0 Å². The van der Waals surface area contributed by atoms with Crippen LogP contribution in [0.1, 0.15) is 32.1 Å². The molecular weight excluding hydrogens is 260 g/mol. The zero-order chi connectivity index (χ0) is 14.7. The minimum Gasteiger partial charge on any atom is -0.393 e. The third-order valence-electron chi connectivity index (χ3n) is 3.63. The van der Waals surface area contributed by atoms with E-state index in [9.17, 15) is 9.90 Å². The third-order valence-corrected chi connectivity index (χ3v) is 3.63. The molecule has 0 aliphatic carbocycles. The van der Waals surface area contributed by atoms with Gasteiger partial charge in [-0.05, 0) is 31.4 Å². The van der Waals surface area contributed by atoms with Crippen molar-refractivity contribution in [1.29, 1.82) is 0 Å². The molecule has 0 aromatic carbocycles. The van der Waals surface area contributed by atoms with E-state index in [0.29, 0.717) is 23.7 Å².